The van der Waals surface area contributed by atoms with Crippen molar-refractivity contribution in [3.8, 4) is 28.4 Å². The first-order chi connectivity index (χ1) is 24.0. The fourth-order valence-electron chi connectivity index (χ4n) is 7.33. The molecule has 0 saturated heterocycles. The molecule has 0 amide bonds. The van der Waals surface area contributed by atoms with Crippen LogP contribution in [0.25, 0.3) is 38.9 Å². The molecule has 8 aromatic rings. The monoisotopic (exact) mass is 738 g/mol. The average molecular weight is 739 g/mol. The van der Waals surface area contributed by atoms with Gasteiger partial charge < -0.3 is 19.2 Å². The van der Waals surface area contributed by atoms with Gasteiger partial charge in [-0.15, -0.1) is 35.9 Å². The van der Waals surface area contributed by atoms with Crippen LogP contribution in [0.1, 0.15) is 25.0 Å². The molecule has 0 atom stereocenters. The molecule has 0 aliphatic carbocycles. The van der Waals surface area contributed by atoms with Crippen molar-refractivity contribution < 1.29 is 29.7 Å². The summed E-state index contributed by atoms with van der Waals surface area (Å²) in [6.45, 7) is 4.65. The van der Waals surface area contributed by atoms with E-state index in [2.05, 4.69) is 132 Å². The zero-order valence-electron chi connectivity index (χ0n) is 27.6. The molecule has 50 heavy (non-hydrogen) atoms. The van der Waals surface area contributed by atoms with Gasteiger partial charge in [0.05, 0.1) is 11.4 Å². The van der Waals surface area contributed by atoms with Gasteiger partial charge >= 0.3 is 0 Å². The van der Waals surface area contributed by atoms with Gasteiger partial charge in [0.2, 0.25) is 0 Å². The Bertz CT molecular complexity index is 2520. The maximum Gasteiger partial charge on any atom is 0.190 e. The number of hydrogen-bond acceptors (Lipinski definition) is 3. The Kier molecular flexibility index (Phi) is 7.80. The van der Waals surface area contributed by atoms with Crippen LogP contribution < -0.4 is 14.2 Å². The number of ether oxygens (including phenoxy) is 1. The summed E-state index contributed by atoms with van der Waals surface area (Å²) in [6.07, 6.45) is 3.78. The Morgan fingerprint density at radius 2 is 1.46 bits per heavy atom. The molecule has 5 nitrogen and oxygen atoms in total. The van der Waals surface area contributed by atoms with E-state index in [4.69, 9.17) is 4.74 Å². The van der Waals surface area contributed by atoms with Crippen molar-refractivity contribution in [2.45, 2.75) is 19.3 Å². The summed E-state index contributed by atoms with van der Waals surface area (Å²) >= 11 is 0. The molecule has 0 N–H and O–H groups in total. The van der Waals surface area contributed by atoms with E-state index in [9.17, 15) is 0 Å². The third-order valence-corrected chi connectivity index (χ3v) is 9.57. The molecular weight excluding hydrogens is 707 g/mol. The number of aromatic nitrogens is 3. The molecular formula is C44H32N4OPd-2. The molecule has 1 aliphatic rings. The van der Waals surface area contributed by atoms with E-state index in [-0.39, 0.29) is 25.8 Å². The van der Waals surface area contributed by atoms with Crippen LogP contribution >= 0.6 is 0 Å². The van der Waals surface area contributed by atoms with Crippen LogP contribution in [0.15, 0.2) is 146 Å². The van der Waals surface area contributed by atoms with Crippen molar-refractivity contribution in [3.05, 3.63) is 176 Å². The van der Waals surface area contributed by atoms with Crippen LogP contribution in [0.4, 0.5) is 17.1 Å². The minimum absolute atomic E-state index is 0. The largest absolute Gasteiger partial charge is 0.503 e. The number of para-hydroxylation sites is 2. The summed E-state index contributed by atoms with van der Waals surface area (Å²) in [5.74, 6) is 1.18. The molecule has 246 valence electrons. The first-order valence-corrected chi connectivity index (χ1v) is 16.4. The fraction of sp³-hybridized carbons (Fsp3) is 0.0682. The van der Waals surface area contributed by atoms with E-state index in [0.717, 1.165) is 50.3 Å². The van der Waals surface area contributed by atoms with E-state index in [1.807, 2.05) is 59.3 Å². The normalized spacial score (nSPS) is 13.0. The van der Waals surface area contributed by atoms with Gasteiger partial charge in [-0.05, 0) is 54.3 Å². The standard InChI is InChI=1S/C44H32N4O.Pd/c1-44(2)37-21-7-8-23-40(37)47(31-15-5-4-6-16-31)42-38(44)25-24-35-36-20-13-27-46(3)43(36)48(41(35)42)32-17-12-19-34(29-32)49-33-18-11-14-30(28-33)39-22-9-10-26-45-39;/h4-27H,3H2,1-2H3;/q-2;. The second kappa shape index (κ2) is 12.3. The fourth-order valence-corrected chi connectivity index (χ4v) is 7.33. The van der Waals surface area contributed by atoms with Crippen LogP contribution in [0.5, 0.6) is 11.5 Å². The minimum Gasteiger partial charge on any atom is -0.503 e. The van der Waals surface area contributed by atoms with Crippen molar-refractivity contribution in [1.82, 2.24) is 9.55 Å². The van der Waals surface area contributed by atoms with Gasteiger partial charge in [0.1, 0.15) is 0 Å². The minimum atomic E-state index is -0.254. The SMILES string of the molecule is [CH2-][n+]1cccc2c3ccc4c(c3n(-c3[c-]c(Oc5[c-]c(-c6ccccn6)ccc5)ccc3)c21)N(c1ccccc1)c1ccccc1C4(C)C.[Pd]. The Hall–Kier alpha value is -5.67. The van der Waals surface area contributed by atoms with Gasteiger partial charge in [-0.1, -0.05) is 98.8 Å². The molecule has 0 fully saturated rings. The first-order valence-electron chi connectivity index (χ1n) is 16.4. The van der Waals surface area contributed by atoms with Crippen molar-refractivity contribution >= 4 is 39.0 Å². The number of hydrogen-bond donors (Lipinski definition) is 0. The van der Waals surface area contributed by atoms with Gasteiger partial charge in [0.15, 0.2) is 11.2 Å². The number of pyridine rings is 2. The van der Waals surface area contributed by atoms with E-state index >= 15 is 0 Å². The topological polar surface area (TPSA) is 34.2 Å². The Balaban J connectivity index is 0.00000361. The summed E-state index contributed by atoms with van der Waals surface area (Å²) in [4.78, 5) is 6.90. The quantitative estimate of drug-likeness (QED) is 0.100. The molecule has 5 aromatic carbocycles. The maximum absolute atomic E-state index is 6.43. The number of rotatable bonds is 5. The van der Waals surface area contributed by atoms with Gasteiger partial charge in [-0.25, -0.2) is 0 Å². The van der Waals surface area contributed by atoms with Crippen LogP contribution in [-0.4, -0.2) is 9.55 Å². The van der Waals surface area contributed by atoms with Crippen molar-refractivity contribution in [2.75, 3.05) is 4.90 Å². The average Bonchev–Trinajstić information content (AvgIpc) is 3.49. The number of anilines is 3. The Morgan fingerprint density at radius 1 is 0.700 bits per heavy atom. The van der Waals surface area contributed by atoms with E-state index in [1.165, 1.54) is 16.8 Å². The smallest absolute Gasteiger partial charge is 0.190 e. The zero-order valence-corrected chi connectivity index (χ0v) is 29.1. The van der Waals surface area contributed by atoms with Gasteiger partial charge in [-0.3, -0.25) is 4.57 Å². The Labute approximate surface area is 305 Å². The molecule has 9 rings (SSSR count). The summed E-state index contributed by atoms with van der Waals surface area (Å²) in [6, 6.07) is 52.9. The van der Waals surface area contributed by atoms with Crippen LogP contribution in [0, 0.1) is 19.2 Å². The number of fused-ring (bicyclic) bond motifs is 6. The zero-order chi connectivity index (χ0) is 33.1. The molecule has 0 unspecified atom stereocenters. The second-order valence-corrected chi connectivity index (χ2v) is 12.9. The third-order valence-electron chi connectivity index (χ3n) is 9.57. The Morgan fingerprint density at radius 3 is 2.28 bits per heavy atom. The van der Waals surface area contributed by atoms with E-state index < -0.39 is 0 Å². The summed E-state index contributed by atoms with van der Waals surface area (Å²) < 4.78 is 10.7. The maximum atomic E-state index is 6.43. The molecule has 0 bridgehead atoms. The predicted molar refractivity (Wildman–Crippen MR) is 196 cm³/mol. The molecule has 0 spiro atoms. The molecule has 4 heterocycles. The van der Waals surface area contributed by atoms with Crippen LogP contribution in [-0.2, 0) is 25.8 Å². The first kappa shape index (κ1) is 31.6. The van der Waals surface area contributed by atoms with Crippen molar-refractivity contribution in [3.63, 3.8) is 0 Å². The summed E-state index contributed by atoms with van der Waals surface area (Å²) in [7, 11) is 4.44. The molecule has 3 aromatic heterocycles. The van der Waals surface area contributed by atoms with E-state index in [0.29, 0.717) is 11.5 Å². The summed E-state index contributed by atoms with van der Waals surface area (Å²) in [5, 5.41) is 2.25. The molecule has 0 saturated carbocycles. The second-order valence-electron chi connectivity index (χ2n) is 12.9. The van der Waals surface area contributed by atoms with Crippen LogP contribution in [0.3, 0.4) is 0 Å². The molecule has 1 aliphatic heterocycles. The number of benzene rings is 5. The van der Waals surface area contributed by atoms with Crippen molar-refractivity contribution in [2.24, 2.45) is 0 Å². The van der Waals surface area contributed by atoms with E-state index in [1.54, 1.807) is 6.20 Å². The molecule has 0 radical (unpaired) electrons. The van der Waals surface area contributed by atoms with Crippen molar-refractivity contribution in [1.29, 1.82) is 0 Å². The molecule has 6 heteroatoms. The number of nitrogens with zero attached hydrogens (tertiary/aromatic N) is 4. The van der Waals surface area contributed by atoms with Gasteiger partial charge in [-0.2, -0.15) is 6.07 Å². The van der Waals surface area contributed by atoms with Gasteiger partial charge in [0.25, 0.3) is 0 Å². The van der Waals surface area contributed by atoms with Gasteiger partial charge in [0, 0.05) is 65.7 Å². The third kappa shape index (κ3) is 4.99. The van der Waals surface area contributed by atoms with Crippen LogP contribution in [0.2, 0.25) is 0 Å². The summed E-state index contributed by atoms with van der Waals surface area (Å²) in [5.41, 5.74) is 10.3. The predicted octanol–water partition coefficient (Wildman–Crippen LogP) is 10.3.